The van der Waals surface area contributed by atoms with E-state index in [4.69, 9.17) is 5.26 Å². The Morgan fingerprint density at radius 2 is 2.20 bits per heavy atom. The molecule has 0 aromatic carbocycles. The monoisotopic (exact) mass is 221 g/mol. The minimum absolute atomic E-state index is 0.824. The van der Waals surface area contributed by atoms with E-state index in [1.54, 1.807) is 11.3 Å². The summed E-state index contributed by atoms with van der Waals surface area (Å²) in [5.41, 5.74) is 0. The van der Waals surface area contributed by atoms with Gasteiger partial charge in [0.05, 0.1) is 0 Å². The van der Waals surface area contributed by atoms with Crippen molar-refractivity contribution in [3.8, 4) is 6.07 Å². The van der Waals surface area contributed by atoms with Crippen molar-refractivity contribution in [1.82, 2.24) is 10.2 Å². The second-order valence-electron chi connectivity index (χ2n) is 3.72. The quantitative estimate of drug-likeness (QED) is 0.830. The minimum atomic E-state index is 0.824. The summed E-state index contributed by atoms with van der Waals surface area (Å²) < 4.78 is 0. The lowest BCUT2D eigenvalue weighted by Crippen LogP contribution is -2.44. The largest absolute Gasteiger partial charge is 0.314 e. The van der Waals surface area contributed by atoms with E-state index in [0.29, 0.717) is 0 Å². The predicted molar refractivity (Wildman–Crippen MR) is 62.0 cm³/mol. The van der Waals surface area contributed by atoms with Gasteiger partial charge in [0.15, 0.2) is 0 Å². The lowest BCUT2D eigenvalue weighted by molar-refractivity contribution is 0.244. The predicted octanol–water partition coefficient (Wildman–Crippen LogP) is 1.07. The molecule has 0 amide bonds. The van der Waals surface area contributed by atoms with Crippen molar-refractivity contribution in [1.29, 1.82) is 5.26 Å². The number of hydrogen-bond donors (Lipinski definition) is 1. The number of nitrogens with one attached hydrogen (secondary N) is 1. The molecular weight excluding hydrogens is 206 g/mol. The third-order valence-corrected chi connectivity index (χ3v) is 3.71. The van der Waals surface area contributed by atoms with Crippen LogP contribution in [0.15, 0.2) is 12.1 Å². The molecule has 1 aliphatic heterocycles. The van der Waals surface area contributed by atoms with Crippen molar-refractivity contribution in [2.24, 2.45) is 0 Å². The molecular formula is C11H15N3S. The number of rotatable bonds is 3. The Morgan fingerprint density at radius 3 is 2.87 bits per heavy atom. The molecule has 0 bridgehead atoms. The van der Waals surface area contributed by atoms with E-state index in [0.717, 1.165) is 44.0 Å². The topological polar surface area (TPSA) is 39.1 Å². The lowest BCUT2D eigenvalue weighted by Gasteiger charge is -2.26. The third-order valence-electron chi connectivity index (χ3n) is 2.66. The molecule has 1 fully saturated rings. The molecule has 1 N–H and O–H groups in total. The molecule has 0 spiro atoms. The summed E-state index contributed by atoms with van der Waals surface area (Å²) in [7, 11) is 0. The molecule has 0 saturated carbocycles. The first-order valence-corrected chi connectivity index (χ1v) is 6.12. The molecule has 0 unspecified atom stereocenters. The summed E-state index contributed by atoms with van der Waals surface area (Å²) in [6, 6.07) is 6.17. The second kappa shape index (κ2) is 5.26. The van der Waals surface area contributed by atoms with E-state index >= 15 is 0 Å². The number of piperazine rings is 1. The van der Waals surface area contributed by atoms with Gasteiger partial charge in [-0.25, -0.2) is 0 Å². The highest BCUT2D eigenvalue weighted by atomic mass is 32.1. The van der Waals surface area contributed by atoms with Crippen LogP contribution >= 0.6 is 11.3 Å². The molecule has 0 atom stereocenters. The molecule has 4 heteroatoms. The van der Waals surface area contributed by atoms with Gasteiger partial charge >= 0.3 is 0 Å². The Hall–Kier alpha value is -0.890. The van der Waals surface area contributed by atoms with Crippen molar-refractivity contribution in [2.75, 3.05) is 32.7 Å². The van der Waals surface area contributed by atoms with Crippen LogP contribution in [0.1, 0.15) is 9.75 Å². The molecule has 15 heavy (non-hydrogen) atoms. The summed E-state index contributed by atoms with van der Waals surface area (Å²) >= 11 is 1.62. The zero-order valence-electron chi connectivity index (χ0n) is 8.70. The van der Waals surface area contributed by atoms with E-state index in [2.05, 4.69) is 22.4 Å². The highest BCUT2D eigenvalue weighted by Gasteiger charge is 2.09. The summed E-state index contributed by atoms with van der Waals surface area (Å²) in [5, 5.41) is 12.1. The smallest absolute Gasteiger partial charge is 0.110 e. The zero-order chi connectivity index (χ0) is 10.5. The highest BCUT2D eigenvalue weighted by molar-refractivity contribution is 7.12. The summed E-state index contributed by atoms with van der Waals surface area (Å²) in [4.78, 5) is 4.62. The molecule has 0 aliphatic carbocycles. The molecule has 80 valence electrons. The number of nitriles is 1. The second-order valence-corrected chi connectivity index (χ2v) is 4.89. The Balaban J connectivity index is 1.79. The van der Waals surface area contributed by atoms with Crippen molar-refractivity contribution < 1.29 is 0 Å². The van der Waals surface area contributed by atoms with Crippen LogP contribution in [0.3, 0.4) is 0 Å². The first-order valence-electron chi connectivity index (χ1n) is 5.30. The van der Waals surface area contributed by atoms with Crippen molar-refractivity contribution in [3.05, 3.63) is 21.9 Å². The van der Waals surface area contributed by atoms with Crippen molar-refractivity contribution in [2.45, 2.75) is 6.42 Å². The van der Waals surface area contributed by atoms with E-state index in [1.807, 2.05) is 6.07 Å². The van der Waals surface area contributed by atoms with Crippen LogP contribution in [0.25, 0.3) is 0 Å². The fourth-order valence-electron chi connectivity index (χ4n) is 1.78. The van der Waals surface area contributed by atoms with Gasteiger partial charge in [-0.2, -0.15) is 5.26 Å². The van der Waals surface area contributed by atoms with Crippen LogP contribution in [0.4, 0.5) is 0 Å². The van der Waals surface area contributed by atoms with Crippen LogP contribution in [-0.2, 0) is 6.42 Å². The molecule has 2 rings (SSSR count). The van der Waals surface area contributed by atoms with Crippen LogP contribution in [-0.4, -0.2) is 37.6 Å². The van der Waals surface area contributed by atoms with Gasteiger partial charge in [-0.3, -0.25) is 0 Å². The number of hydrogen-bond acceptors (Lipinski definition) is 4. The van der Waals surface area contributed by atoms with Gasteiger partial charge in [0.1, 0.15) is 10.9 Å². The Labute approximate surface area is 94.3 Å². The lowest BCUT2D eigenvalue weighted by atomic mass is 10.3. The first-order chi connectivity index (χ1) is 7.38. The molecule has 1 aromatic heterocycles. The summed E-state index contributed by atoms with van der Waals surface area (Å²) in [6.45, 7) is 5.63. The zero-order valence-corrected chi connectivity index (χ0v) is 9.52. The van der Waals surface area contributed by atoms with E-state index < -0.39 is 0 Å². The average molecular weight is 221 g/mol. The van der Waals surface area contributed by atoms with Gasteiger partial charge in [0.25, 0.3) is 0 Å². The number of nitrogens with zero attached hydrogens (tertiary/aromatic N) is 2. The summed E-state index contributed by atoms with van der Waals surface area (Å²) in [5.74, 6) is 0. The minimum Gasteiger partial charge on any atom is -0.314 e. The molecule has 0 radical (unpaired) electrons. The van der Waals surface area contributed by atoms with Crippen LogP contribution in [0.5, 0.6) is 0 Å². The van der Waals surface area contributed by atoms with Crippen molar-refractivity contribution in [3.63, 3.8) is 0 Å². The SMILES string of the molecule is N#Cc1ccc(CCN2CCNCC2)s1. The molecule has 1 aliphatic rings. The van der Waals surface area contributed by atoms with Gasteiger partial charge in [-0.1, -0.05) is 0 Å². The third kappa shape index (κ3) is 3.03. The Morgan fingerprint density at radius 1 is 1.40 bits per heavy atom. The average Bonchev–Trinajstić information content (AvgIpc) is 2.76. The number of thiophene rings is 1. The van der Waals surface area contributed by atoms with Gasteiger partial charge in [-0.05, 0) is 18.6 Å². The molecule has 3 nitrogen and oxygen atoms in total. The van der Waals surface area contributed by atoms with Gasteiger partial charge in [0.2, 0.25) is 0 Å². The summed E-state index contributed by atoms with van der Waals surface area (Å²) in [6.07, 6.45) is 1.08. The van der Waals surface area contributed by atoms with E-state index in [1.165, 1.54) is 4.88 Å². The first kappa shape index (κ1) is 10.6. The molecule has 2 heterocycles. The maximum Gasteiger partial charge on any atom is 0.110 e. The van der Waals surface area contributed by atoms with Gasteiger partial charge in [-0.15, -0.1) is 11.3 Å². The highest BCUT2D eigenvalue weighted by Crippen LogP contribution is 2.16. The van der Waals surface area contributed by atoms with Crippen LogP contribution in [0, 0.1) is 11.3 Å². The fraction of sp³-hybridized carbons (Fsp3) is 0.545. The normalized spacial score (nSPS) is 17.5. The van der Waals surface area contributed by atoms with Gasteiger partial charge in [0, 0.05) is 37.6 Å². The van der Waals surface area contributed by atoms with Crippen molar-refractivity contribution >= 4 is 11.3 Å². The Kier molecular flexibility index (Phi) is 3.73. The van der Waals surface area contributed by atoms with E-state index in [-0.39, 0.29) is 0 Å². The molecule has 1 saturated heterocycles. The van der Waals surface area contributed by atoms with Crippen LogP contribution < -0.4 is 5.32 Å². The maximum absolute atomic E-state index is 8.71. The fourth-order valence-corrected chi connectivity index (χ4v) is 2.57. The standard InChI is InChI=1S/C11H15N3S/c12-9-11-2-1-10(15-11)3-6-14-7-4-13-5-8-14/h1-2,13H,3-8H2. The van der Waals surface area contributed by atoms with Gasteiger partial charge < -0.3 is 10.2 Å². The molecule has 1 aromatic rings. The van der Waals surface area contributed by atoms with Crippen LogP contribution in [0.2, 0.25) is 0 Å². The Bertz CT molecular complexity index is 347. The maximum atomic E-state index is 8.71. The van der Waals surface area contributed by atoms with E-state index in [9.17, 15) is 0 Å².